The fraction of sp³-hybridized carbons (Fsp3) is 0.971. The fourth-order valence-corrected chi connectivity index (χ4v) is 6.18. The number of carbonyl (C=O) groups excluding carboxylic acids is 1. The molecule has 1 saturated heterocycles. The number of unbranched alkanes of at least 4 members (excludes halogenated alkanes) is 18. The molecule has 6 unspecified atom stereocenters. The number of esters is 1. The Kier molecular flexibility index (Phi) is 26.2. The van der Waals surface area contributed by atoms with Crippen LogP contribution in [0.5, 0.6) is 0 Å². The van der Waals surface area contributed by atoms with Crippen molar-refractivity contribution in [2.24, 2.45) is 0 Å². The number of aliphatic hydroxyl groups excluding tert-OH is 3. The van der Waals surface area contributed by atoms with E-state index in [1.54, 1.807) is 0 Å². The van der Waals surface area contributed by atoms with Gasteiger partial charge in [0.05, 0.1) is 19.8 Å². The normalized spacial score (nSPS) is 22.4. The lowest BCUT2D eigenvalue weighted by Gasteiger charge is -2.41. The van der Waals surface area contributed by atoms with Crippen molar-refractivity contribution in [2.45, 2.75) is 185 Å². The van der Waals surface area contributed by atoms with Gasteiger partial charge in [0.15, 0.2) is 6.29 Å². The molecule has 1 aliphatic heterocycles. The maximum absolute atomic E-state index is 12.7. The van der Waals surface area contributed by atoms with E-state index in [9.17, 15) is 28.5 Å². The quantitative estimate of drug-likeness (QED) is 0.0390. The number of carbonyl (C=O) groups is 1. The molecule has 0 aromatic rings. The highest BCUT2D eigenvalue weighted by atomic mass is 32.3. The molecule has 1 fully saturated rings. The smallest absolute Gasteiger partial charge is 0.397 e. The fourth-order valence-electron chi connectivity index (χ4n) is 5.67. The van der Waals surface area contributed by atoms with Crippen LogP contribution in [0.3, 0.4) is 0 Å². The van der Waals surface area contributed by atoms with Gasteiger partial charge in [-0.1, -0.05) is 129 Å². The Morgan fingerprint density at radius 3 is 1.70 bits per heavy atom. The summed E-state index contributed by atoms with van der Waals surface area (Å²) in [5.41, 5.74) is 0. The molecule has 0 bridgehead atoms. The molecule has 4 N–H and O–H groups in total. The third kappa shape index (κ3) is 22.4. The molecule has 47 heavy (non-hydrogen) atoms. The highest BCUT2D eigenvalue weighted by molar-refractivity contribution is 7.80. The van der Waals surface area contributed by atoms with Gasteiger partial charge in [0.1, 0.15) is 30.5 Å². The second-order valence-corrected chi connectivity index (χ2v) is 13.9. The summed E-state index contributed by atoms with van der Waals surface area (Å²) in [6.07, 6.45) is 14.6. The lowest BCUT2D eigenvalue weighted by molar-refractivity contribution is -0.301. The Morgan fingerprint density at radius 2 is 1.21 bits per heavy atom. The van der Waals surface area contributed by atoms with Gasteiger partial charge < -0.3 is 34.3 Å². The van der Waals surface area contributed by atoms with Crippen LogP contribution in [0.1, 0.15) is 149 Å². The molecule has 0 aliphatic carbocycles. The van der Waals surface area contributed by atoms with Crippen LogP contribution in [0.4, 0.5) is 0 Å². The van der Waals surface area contributed by atoms with Crippen molar-refractivity contribution in [3.05, 3.63) is 0 Å². The van der Waals surface area contributed by atoms with Crippen molar-refractivity contribution in [1.82, 2.24) is 0 Å². The Balaban J connectivity index is 2.47. The van der Waals surface area contributed by atoms with E-state index in [1.807, 2.05) is 0 Å². The van der Waals surface area contributed by atoms with Gasteiger partial charge in [-0.25, -0.2) is 4.18 Å². The SMILES string of the molecule is CCCCCCCCCCCCCCCCC(=O)OC(COCCCCCCCC)COC1OC(CO)C(O)C(OS(=O)(=O)O)C1O. The molecule has 0 spiro atoms. The minimum atomic E-state index is -5.04. The van der Waals surface area contributed by atoms with Crippen LogP contribution in [-0.4, -0.2) is 97.5 Å². The van der Waals surface area contributed by atoms with Crippen LogP contribution in [0.15, 0.2) is 0 Å². The Hall–Kier alpha value is -0.900. The Labute approximate surface area is 284 Å². The average molecular weight is 699 g/mol. The summed E-state index contributed by atoms with van der Waals surface area (Å²) < 4.78 is 58.5. The monoisotopic (exact) mass is 698 g/mol. The van der Waals surface area contributed by atoms with Crippen molar-refractivity contribution in [1.29, 1.82) is 0 Å². The molecule has 0 aromatic carbocycles. The summed E-state index contributed by atoms with van der Waals surface area (Å²) >= 11 is 0. The maximum Gasteiger partial charge on any atom is 0.397 e. The molecular formula is C34H66O12S. The second-order valence-electron chi connectivity index (χ2n) is 12.8. The largest absolute Gasteiger partial charge is 0.457 e. The zero-order chi connectivity index (χ0) is 34.8. The molecular weight excluding hydrogens is 632 g/mol. The van der Waals surface area contributed by atoms with E-state index in [1.165, 1.54) is 83.5 Å². The number of ether oxygens (including phenoxy) is 4. The number of hydrogen-bond donors (Lipinski definition) is 4. The predicted octanol–water partition coefficient (Wildman–Crippen LogP) is 5.79. The minimum Gasteiger partial charge on any atom is -0.457 e. The molecule has 0 saturated carbocycles. The highest BCUT2D eigenvalue weighted by Crippen LogP contribution is 2.26. The molecule has 6 atom stereocenters. The molecule has 1 aliphatic rings. The average Bonchev–Trinajstić information content (AvgIpc) is 3.03. The molecule has 0 amide bonds. The summed E-state index contributed by atoms with van der Waals surface area (Å²) in [6, 6.07) is 0. The summed E-state index contributed by atoms with van der Waals surface area (Å²) in [6.45, 7) is 3.92. The van der Waals surface area contributed by atoms with Gasteiger partial charge in [0.25, 0.3) is 0 Å². The molecule has 12 nitrogen and oxygen atoms in total. The first-order valence-electron chi connectivity index (χ1n) is 18.3. The van der Waals surface area contributed by atoms with Crippen LogP contribution in [0, 0.1) is 0 Å². The number of rotatable bonds is 31. The second kappa shape index (κ2) is 27.9. The summed E-state index contributed by atoms with van der Waals surface area (Å²) in [7, 11) is -5.04. The van der Waals surface area contributed by atoms with Gasteiger partial charge in [0.2, 0.25) is 0 Å². The lowest BCUT2D eigenvalue weighted by atomic mass is 9.99. The van der Waals surface area contributed by atoms with E-state index in [0.29, 0.717) is 13.0 Å². The number of aliphatic hydroxyl groups is 3. The van der Waals surface area contributed by atoms with Crippen LogP contribution in [-0.2, 0) is 38.3 Å². The van der Waals surface area contributed by atoms with Crippen LogP contribution in [0.25, 0.3) is 0 Å². The maximum atomic E-state index is 12.7. The first-order valence-corrected chi connectivity index (χ1v) is 19.7. The number of hydrogen-bond acceptors (Lipinski definition) is 11. The van der Waals surface area contributed by atoms with Crippen molar-refractivity contribution in [3.8, 4) is 0 Å². The van der Waals surface area contributed by atoms with Crippen molar-refractivity contribution >= 4 is 16.4 Å². The van der Waals surface area contributed by atoms with Gasteiger partial charge in [-0.3, -0.25) is 9.35 Å². The summed E-state index contributed by atoms with van der Waals surface area (Å²) in [5.74, 6) is -0.401. The van der Waals surface area contributed by atoms with E-state index < -0.39 is 59.8 Å². The van der Waals surface area contributed by atoms with Crippen LogP contribution >= 0.6 is 0 Å². The van der Waals surface area contributed by atoms with E-state index >= 15 is 0 Å². The van der Waals surface area contributed by atoms with Gasteiger partial charge >= 0.3 is 16.4 Å². The van der Waals surface area contributed by atoms with Crippen LogP contribution in [0.2, 0.25) is 0 Å². The van der Waals surface area contributed by atoms with E-state index in [2.05, 4.69) is 18.0 Å². The molecule has 0 radical (unpaired) electrons. The Bertz CT molecular complexity index is 858. The first kappa shape index (κ1) is 44.1. The van der Waals surface area contributed by atoms with E-state index in [-0.39, 0.29) is 19.6 Å². The third-order valence-electron chi connectivity index (χ3n) is 8.48. The molecule has 13 heteroatoms. The van der Waals surface area contributed by atoms with Gasteiger partial charge in [-0.15, -0.1) is 0 Å². The molecule has 1 heterocycles. The zero-order valence-electron chi connectivity index (χ0n) is 29.1. The minimum absolute atomic E-state index is 0.0409. The zero-order valence-corrected chi connectivity index (χ0v) is 29.9. The summed E-state index contributed by atoms with van der Waals surface area (Å²) in [4.78, 5) is 12.7. The first-order chi connectivity index (χ1) is 22.6. The van der Waals surface area contributed by atoms with Gasteiger partial charge in [0, 0.05) is 13.0 Å². The summed E-state index contributed by atoms with van der Waals surface area (Å²) in [5, 5.41) is 30.4. The third-order valence-corrected chi connectivity index (χ3v) is 8.94. The topological polar surface area (TPSA) is 178 Å². The van der Waals surface area contributed by atoms with Crippen LogP contribution < -0.4 is 0 Å². The van der Waals surface area contributed by atoms with Crippen molar-refractivity contribution < 1.29 is 56.2 Å². The van der Waals surface area contributed by atoms with Gasteiger partial charge in [-0.05, 0) is 12.8 Å². The predicted molar refractivity (Wildman–Crippen MR) is 179 cm³/mol. The van der Waals surface area contributed by atoms with Crippen molar-refractivity contribution in [2.75, 3.05) is 26.4 Å². The molecule has 0 aromatic heterocycles. The van der Waals surface area contributed by atoms with E-state index in [4.69, 9.17) is 23.5 Å². The Morgan fingerprint density at radius 1 is 0.723 bits per heavy atom. The molecule has 1 rings (SSSR count). The van der Waals surface area contributed by atoms with E-state index in [0.717, 1.165) is 38.5 Å². The van der Waals surface area contributed by atoms with Crippen molar-refractivity contribution in [3.63, 3.8) is 0 Å². The van der Waals surface area contributed by atoms with Gasteiger partial charge in [-0.2, -0.15) is 8.42 Å². The standard InChI is InChI=1S/C34H66O12S/c1-3-5-7-9-11-12-13-14-15-16-17-18-19-21-23-30(36)44-28(26-42-24-22-20-10-8-6-4-2)27-43-34-32(38)33(46-47(39,40)41)31(37)29(25-35)45-34/h28-29,31-35,37-38H,3-27H2,1-2H3,(H,39,40,41). The molecule has 280 valence electrons. The lowest BCUT2D eigenvalue weighted by Crippen LogP contribution is -2.60. The highest BCUT2D eigenvalue weighted by Gasteiger charge is 2.48.